The highest BCUT2D eigenvalue weighted by Crippen LogP contribution is 2.37. The molecule has 0 bridgehead atoms. The van der Waals surface area contributed by atoms with Crippen molar-refractivity contribution in [1.82, 2.24) is 15.0 Å². The SMILES string of the molecule is c1ccc(-c2cc(-c3ccc4c5ccccc5c5ccccc5c4c3)nc(-c3ccc(-c4cccnc4)cc3)n2)cc1. The van der Waals surface area contributed by atoms with Crippen molar-refractivity contribution in [3.63, 3.8) is 0 Å². The Morgan fingerprint density at radius 2 is 0.857 bits per heavy atom. The highest BCUT2D eigenvalue weighted by atomic mass is 14.9. The van der Waals surface area contributed by atoms with Gasteiger partial charge in [-0.15, -0.1) is 0 Å². The Morgan fingerprint density at radius 1 is 0.333 bits per heavy atom. The first-order valence-electron chi connectivity index (χ1n) is 14.1. The third-order valence-electron chi connectivity index (χ3n) is 7.97. The summed E-state index contributed by atoms with van der Waals surface area (Å²) < 4.78 is 0. The number of aromatic nitrogens is 3. The molecule has 0 atom stereocenters. The number of rotatable bonds is 4. The highest BCUT2D eigenvalue weighted by molar-refractivity contribution is 6.25. The Morgan fingerprint density at radius 3 is 1.50 bits per heavy atom. The zero-order chi connectivity index (χ0) is 27.9. The van der Waals surface area contributed by atoms with Gasteiger partial charge in [0, 0.05) is 29.1 Å². The van der Waals surface area contributed by atoms with Gasteiger partial charge in [-0.1, -0.05) is 121 Å². The van der Waals surface area contributed by atoms with E-state index >= 15 is 0 Å². The van der Waals surface area contributed by atoms with Crippen LogP contribution in [0.2, 0.25) is 0 Å². The van der Waals surface area contributed by atoms with Gasteiger partial charge in [-0.05, 0) is 61.6 Å². The first kappa shape index (κ1) is 24.2. The predicted molar refractivity (Wildman–Crippen MR) is 174 cm³/mol. The number of nitrogens with zero attached hydrogens (tertiary/aromatic N) is 3. The molecule has 0 aliphatic carbocycles. The Bertz CT molecular complexity index is 2190. The number of fused-ring (bicyclic) bond motifs is 6. The van der Waals surface area contributed by atoms with Crippen LogP contribution < -0.4 is 0 Å². The molecule has 0 amide bonds. The molecular weight excluding hydrogens is 510 g/mol. The van der Waals surface area contributed by atoms with Gasteiger partial charge in [0.05, 0.1) is 11.4 Å². The molecule has 0 N–H and O–H groups in total. The summed E-state index contributed by atoms with van der Waals surface area (Å²) in [7, 11) is 0. The topological polar surface area (TPSA) is 38.7 Å². The summed E-state index contributed by atoms with van der Waals surface area (Å²) >= 11 is 0. The Labute approximate surface area is 243 Å². The second kappa shape index (κ2) is 10.1. The quantitative estimate of drug-likeness (QED) is 0.211. The van der Waals surface area contributed by atoms with Crippen molar-refractivity contribution >= 4 is 32.3 Å². The third kappa shape index (κ3) is 4.20. The molecule has 0 spiro atoms. The average molecular weight is 536 g/mol. The Balaban J connectivity index is 1.32. The molecule has 0 unspecified atom stereocenters. The molecule has 3 nitrogen and oxygen atoms in total. The van der Waals surface area contributed by atoms with Gasteiger partial charge in [-0.2, -0.15) is 0 Å². The van der Waals surface area contributed by atoms with Crippen molar-refractivity contribution in [2.45, 2.75) is 0 Å². The van der Waals surface area contributed by atoms with E-state index in [0.29, 0.717) is 5.82 Å². The standard InChI is InChI=1S/C39H25N3/c1-2-9-27(10-3-1)37-24-38(42-39(41-37)28-18-16-26(17-19-28)30-11-8-22-40-25-30)29-20-21-35-33-14-5-4-12-31(33)32-13-6-7-15-34(32)36(35)23-29/h1-25H. The molecule has 42 heavy (non-hydrogen) atoms. The summed E-state index contributed by atoms with van der Waals surface area (Å²) in [6.07, 6.45) is 3.67. The minimum absolute atomic E-state index is 0.701. The second-order valence-electron chi connectivity index (χ2n) is 10.5. The lowest BCUT2D eigenvalue weighted by molar-refractivity contribution is 1.18. The fourth-order valence-electron chi connectivity index (χ4n) is 5.89. The Kier molecular flexibility index (Phi) is 5.79. The molecule has 0 aliphatic heterocycles. The molecule has 0 saturated heterocycles. The van der Waals surface area contributed by atoms with Crippen LogP contribution in [-0.4, -0.2) is 15.0 Å². The van der Waals surface area contributed by atoms with Crippen molar-refractivity contribution in [2.75, 3.05) is 0 Å². The molecule has 0 saturated carbocycles. The third-order valence-corrected chi connectivity index (χ3v) is 7.97. The minimum Gasteiger partial charge on any atom is -0.264 e. The van der Waals surface area contributed by atoms with Crippen LogP contribution >= 0.6 is 0 Å². The minimum atomic E-state index is 0.701. The number of pyridine rings is 1. The van der Waals surface area contributed by atoms with Gasteiger partial charge in [-0.25, -0.2) is 9.97 Å². The van der Waals surface area contributed by atoms with Crippen molar-refractivity contribution in [3.05, 3.63) is 152 Å². The lowest BCUT2D eigenvalue weighted by Crippen LogP contribution is -1.96. The van der Waals surface area contributed by atoms with Crippen molar-refractivity contribution < 1.29 is 0 Å². The van der Waals surface area contributed by atoms with E-state index in [-0.39, 0.29) is 0 Å². The van der Waals surface area contributed by atoms with Crippen LogP contribution in [0, 0.1) is 0 Å². The van der Waals surface area contributed by atoms with Gasteiger partial charge >= 0.3 is 0 Å². The van der Waals surface area contributed by atoms with E-state index in [9.17, 15) is 0 Å². The van der Waals surface area contributed by atoms with Crippen LogP contribution in [0.5, 0.6) is 0 Å². The van der Waals surface area contributed by atoms with Gasteiger partial charge in [0.15, 0.2) is 5.82 Å². The molecule has 0 aliphatic rings. The number of benzene rings is 6. The van der Waals surface area contributed by atoms with Crippen molar-refractivity contribution in [2.24, 2.45) is 0 Å². The van der Waals surface area contributed by atoms with Gasteiger partial charge in [0.1, 0.15) is 0 Å². The van der Waals surface area contributed by atoms with E-state index in [4.69, 9.17) is 9.97 Å². The van der Waals surface area contributed by atoms with E-state index in [1.165, 1.54) is 32.3 Å². The van der Waals surface area contributed by atoms with Gasteiger partial charge < -0.3 is 0 Å². The summed E-state index contributed by atoms with van der Waals surface area (Å²) in [5, 5.41) is 7.52. The molecule has 8 rings (SSSR count). The molecule has 196 valence electrons. The van der Waals surface area contributed by atoms with Gasteiger partial charge in [0.2, 0.25) is 0 Å². The molecule has 2 heterocycles. The summed E-state index contributed by atoms with van der Waals surface area (Å²) in [6, 6.07) is 48.9. The van der Waals surface area contributed by atoms with E-state index in [1.54, 1.807) is 6.20 Å². The van der Waals surface area contributed by atoms with Crippen LogP contribution in [0.3, 0.4) is 0 Å². The number of hydrogen-bond acceptors (Lipinski definition) is 3. The first-order valence-corrected chi connectivity index (χ1v) is 14.1. The maximum Gasteiger partial charge on any atom is 0.160 e. The molecule has 6 aromatic carbocycles. The molecular formula is C39H25N3. The fourth-order valence-corrected chi connectivity index (χ4v) is 5.89. The van der Waals surface area contributed by atoms with Crippen LogP contribution in [0.4, 0.5) is 0 Å². The Hall–Kier alpha value is -5.67. The maximum atomic E-state index is 5.13. The fraction of sp³-hybridized carbons (Fsp3) is 0. The van der Waals surface area contributed by atoms with E-state index in [2.05, 4.69) is 120 Å². The lowest BCUT2D eigenvalue weighted by atomic mass is 9.92. The van der Waals surface area contributed by atoms with Crippen LogP contribution in [0.25, 0.3) is 77.3 Å². The van der Waals surface area contributed by atoms with Crippen LogP contribution in [0.15, 0.2) is 152 Å². The smallest absolute Gasteiger partial charge is 0.160 e. The molecule has 2 aromatic heterocycles. The summed E-state index contributed by atoms with van der Waals surface area (Å²) in [4.78, 5) is 14.4. The molecule has 0 radical (unpaired) electrons. The lowest BCUT2D eigenvalue weighted by Gasteiger charge is -2.13. The highest BCUT2D eigenvalue weighted by Gasteiger charge is 2.14. The largest absolute Gasteiger partial charge is 0.264 e. The van der Waals surface area contributed by atoms with E-state index in [1.807, 2.05) is 30.5 Å². The van der Waals surface area contributed by atoms with Crippen molar-refractivity contribution in [3.8, 4) is 45.0 Å². The molecule has 0 fully saturated rings. The summed E-state index contributed by atoms with van der Waals surface area (Å²) in [5.41, 5.74) is 7.09. The van der Waals surface area contributed by atoms with Crippen LogP contribution in [0.1, 0.15) is 0 Å². The van der Waals surface area contributed by atoms with Crippen molar-refractivity contribution in [1.29, 1.82) is 0 Å². The maximum absolute atomic E-state index is 5.13. The first-order chi connectivity index (χ1) is 20.8. The molecule has 3 heteroatoms. The zero-order valence-electron chi connectivity index (χ0n) is 22.8. The molecule has 8 aromatic rings. The normalized spacial score (nSPS) is 11.3. The average Bonchev–Trinajstić information content (AvgIpc) is 3.09. The van der Waals surface area contributed by atoms with Gasteiger partial charge in [-0.3, -0.25) is 4.98 Å². The second-order valence-corrected chi connectivity index (χ2v) is 10.5. The van der Waals surface area contributed by atoms with E-state index < -0.39 is 0 Å². The predicted octanol–water partition coefficient (Wildman–Crippen LogP) is 10.00. The van der Waals surface area contributed by atoms with E-state index in [0.717, 1.165) is 39.2 Å². The monoisotopic (exact) mass is 535 g/mol. The zero-order valence-corrected chi connectivity index (χ0v) is 22.8. The van der Waals surface area contributed by atoms with Crippen LogP contribution in [-0.2, 0) is 0 Å². The van der Waals surface area contributed by atoms with Gasteiger partial charge in [0.25, 0.3) is 0 Å². The number of hydrogen-bond donors (Lipinski definition) is 0. The summed E-state index contributed by atoms with van der Waals surface area (Å²) in [5.74, 6) is 0.701. The summed E-state index contributed by atoms with van der Waals surface area (Å²) in [6.45, 7) is 0.